The molecule has 1 unspecified atom stereocenters. The van der Waals surface area contributed by atoms with Crippen LogP contribution in [0.5, 0.6) is 0 Å². The van der Waals surface area contributed by atoms with Gasteiger partial charge in [0.25, 0.3) is 0 Å². The third kappa shape index (κ3) is 3.32. The van der Waals surface area contributed by atoms with Crippen molar-refractivity contribution in [1.82, 2.24) is 5.32 Å². The summed E-state index contributed by atoms with van der Waals surface area (Å²) in [5.74, 6) is 0. The molecule has 3 heteroatoms. The summed E-state index contributed by atoms with van der Waals surface area (Å²) in [6.07, 6.45) is 1.13. The van der Waals surface area contributed by atoms with Gasteiger partial charge in [0.15, 0.2) is 0 Å². The average molecular weight is 266 g/mol. The van der Waals surface area contributed by atoms with Crippen molar-refractivity contribution in [1.29, 1.82) is 0 Å². The lowest BCUT2D eigenvalue weighted by Gasteiger charge is -2.17. The monoisotopic (exact) mass is 265 g/mol. The molecule has 0 spiro atoms. The smallest absolute Gasteiger partial charge is 0.0671 e. The zero-order chi connectivity index (χ0) is 12.1. The van der Waals surface area contributed by atoms with Gasteiger partial charge in [0.2, 0.25) is 0 Å². The fourth-order valence-corrected chi connectivity index (χ4v) is 2.74. The summed E-state index contributed by atoms with van der Waals surface area (Å²) in [4.78, 5) is 1.35. The van der Waals surface area contributed by atoms with Crippen LogP contribution in [0.25, 0.3) is 0 Å². The van der Waals surface area contributed by atoms with Gasteiger partial charge in [-0.2, -0.15) is 0 Å². The highest BCUT2D eigenvalue weighted by Crippen LogP contribution is 2.26. The lowest BCUT2D eigenvalue weighted by molar-refractivity contribution is 0.606. The third-order valence-corrected chi connectivity index (χ3v) is 3.82. The van der Waals surface area contributed by atoms with E-state index in [9.17, 15) is 0 Å². The Morgan fingerprint density at radius 2 is 2.00 bits per heavy atom. The topological polar surface area (TPSA) is 12.0 Å². The standard InChI is InChI=1S/C14H16ClNS/c1-2-9-16-14(13-4-3-10-17-13)11-5-7-12(15)8-6-11/h3-8,10,14,16H,2,9H2,1H3. The fraction of sp³-hybridized carbons (Fsp3) is 0.286. The van der Waals surface area contributed by atoms with E-state index in [-0.39, 0.29) is 6.04 Å². The predicted octanol–water partition coefficient (Wildman–Crippen LogP) is 4.49. The Morgan fingerprint density at radius 3 is 2.59 bits per heavy atom. The summed E-state index contributed by atoms with van der Waals surface area (Å²) in [5, 5.41) is 6.48. The molecule has 0 saturated heterocycles. The van der Waals surface area contributed by atoms with Gasteiger partial charge in [-0.05, 0) is 42.1 Å². The van der Waals surface area contributed by atoms with E-state index < -0.39 is 0 Å². The molecule has 1 nitrogen and oxygen atoms in total. The maximum Gasteiger partial charge on any atom is 0.0671 e. The first-order valence-electron chi connectivity index (χ1n) is 5.83. The van der Waals surface area contributed by atoms with Crippen LogP contribution < -0.4 is 5.32 Å². The Balaban J connectivity index is 2.23. The Kier molecular flexibility index (Phi) is 4.60. The molecule has 1 N–H and O–H groups in total. The van der Waals surface area contributed by atoms with Crippen molar-refractivity contribution >= 4 is 22.9 Å². The van der Waals surface area contributed by atoms with Crippen molar-refractivity contribution in [2.24, 2.45) is 0 Å². The third-order valence-electron chi connectivity index (χ3n) is 2.63. The van der Waals surface area contributed by atoms with E-state index in [1.807, 2.05) is 12.1 Å². The molecule has 0 fully saturated rings. The number of nitrogens with one attached hydrogen (secondary N) is 1. The summed E-state index contributed by atoms with van der Waals surface area (Å²) < 4.78 is 0. The Labute approximate surface area is 111 Å². The second kappa shape index (κ2) is 6.20. The molecule has 1 aromatic heterocycles. The molecule has 0 aliphatic carbocycles. The Morgan fingerprint density at radius 1 is 1.24 bits per heavy atom. The van der Waals surface area contributed by atoms with Crippen LogP contribution >= 0.6 is 22.9 Å². The lowest BCUT2D eigenvalue weighted by atomic mass is 10.1. The van der Waals surface area contributed by atoms with Gasteiger partial charge in [-0.25, -0.2) is 0 Å². The van der Waals surface area contributed by atoms with Crippen LogP contribution in [0.3, 0.4) is 0 Å². The minimum absolute atomic E-state index is 0.284. The van der Waals surface area contributed by atoms with Crippen molar-refractivity contribution < 1.29 is 0 Å². The first-order valence-corrected chi connectivity index (χ1v) is 7.09. The first kappa shape index (κ1) is 12.6. The molecule has 1 atom stereocenters. The summed E-state index contributed by atoms with van der Waals surface area (Å²) in [6, 6.07) is 12.6. The van der Waals surface area contributed by atoms with Crippen LogP contribution in [0.4, 0.5) is 0 Å². The van der Waals surface area contributed by atoms with Crippen molar-refractivity contribution in [3.8, 4) is 0 Å². The molecule has 0 radical (unpaired) electrons. The van der Waals surface area contributed by atoms with Crippen LogP contribution in [0, 0.1) is 0 Å². The van der Waals surface area contributed by atoms with E-state index in [1.165, 1.54) is 10.4 Å². The van der Waals surface area contributed by atoms with Gasteiger partial charge < -0.3 is 5.32 Å². The second-order valence-corrected chi connectivity index (χ2v) is 5.37. The normalized spacial score (nSPS) is 12.6. The highest BCUT2D eigenvalue weighted by Gasteiger charge is 2.13. The highest BCUT2D eigenvalue weighted by atomic mass is 35.5. The van der Waals surface area contributed by atoms with Gasteiger partial charge in [0, 0.05) is 9.90 Å². The van der Waals surface area contributed by atoms with Crippen molar-refractivity contribution in [3.63, 3.8) is 0 Å². The molecule has 0 saturated carbocycles. The van der Waals surface area contributed by atoms with E-state index in [2.05, 4.69) is 41.9 Å². The van der Waals surface area contributed by atoms with Crippen LogP contribution in [-0.4, -0.2) is 6.54 Å². The van der Waals surface area contributed by atoms with E-state index in [4.69, 9.17) is 11.6 Å². The van der Waals surface area contributed by atoms with Gasteiger partial charge >= 0.3 is 0 Å². The van der Waals surface area contributed by atoms with Crippen molar-refractivity contribution in [2.75, 3.05) is 6.54 Å². The van der Waals surface area contributed by atoms with Crippen LogP contribution in [0.2, 0.25) is 5.02 Å². The quantitative estimate of drug-likeness (QED) is 0.840. The van der Waals surface area contributed by atoms with Crippen molar-refractivity contribution in [3.05, 3.63) is 57.2 Å². The maximum atomic E-state index is 5.93. The highest BCUT2D eigenvalue weighted by molar-refractivity contribution is 7.10. The number of hydrogen-bond acceptors (Lipinski definition) is 2. The molecule has 0 bridgehead atoms. The molecular weight excluding hydrogens is 250 g/mol. The molecule has 1 heterocycles. The van der Waals surface area contributed by atoms with Crippen LogP contribution in [0.15, 0.2) is 41.8 Å². The SMILES string of the molecule is CCCNC(c1ccc(Cl)cc1)c1cccs1. The molecule has 17 heavy (non-hydrogen) atoms. The summed E-state index contributed by atoms with van der Waals surface area (Å²) in [7, 11) is 0. The van der Waals surface area contributed by atoms with E-state index in [0.717, 1.165) is 18.0 Å². The number of benzene rings is 1. The first-order chi connectivity index (χ1) is 8.31. The average Bonchev–Trinajstić information content (AvgIpc) is 2.85. The number of rotatable bonds is 5. The van der Waals surface area contributed by atoms with E-state index >= 15 is 0 Å². The molecular formula is C14H16ClNS. The molecule has 2 aromatic rings. The molecule has 0 aliphatic heterocycles. The molecule has 2 rings (SSSR count). The maximum absolute atomic E-state index is 5.93. The zero-order valence-electron chi connectivity index (χ0n) is 9.82. The van der Waals surface area contributed by atoms with Gasteiger partial charge in [0.05, 0.1) is 6.04 Å². The minimum atomic E-state index is 0.284. The number of thiophene rings is 1. The van der Waals surface area contributed by atoms with Crippen molar-refractivity contribution in [2.45, 2.75) is 19.4 Å². The minimum Gasteiger partial charge on any atom is -0.306 e. The number of halogens is 1. The molecule has 90 valence electrons. The Bertz CT molecular complexity index is 436. The predicted molar refractivity (Wildman–Crippen MR) is 75.9 cm³/mol. The fourth-order valence-electron chi connectivity index (χ4n) is 1.78. The van der Waals surface area contributed by atoms with E-state index in [0.29, 0.717) is 0 Å². The molecule has 0 amide bonds. The van der Waals surface area contributed by atoms with Gasteiger partial charge in [0.1, 0.15) is 0 Å². The number of hydrogen-bond donors (Lipinski definition) is 1. The molecule has 0 aliphatic rings. The van der Waals surface area contributed by atoms with Crippen LogP contribution in [0.1, 0.15) is 29.8 Å². The summed E-state index contributed by atoms with van der Waals surface area (Å²) >= 11 is 7.71. The van der Waals surface area contributed by atoms with Gasteiger partial charge in [-0.3, -0.25) is 0 Å². The van der Waals surface area contributed by atoms with E-state index in [1.54, 1.807) is 11.3 Å². The zero-order valence-corrected chi connectivity index (χ0v) is 11.4. The van der Waals surface area contributed by atoms with Gasteiger partial charge in [-0.15, -0.1) is 11.3 Å². The summed E-state index contributed by atoms with van der Waals surface area (Å²) in [6.45, 7) is 3.20. The second-order valence-electron chi connectivity index (χ2n) is 3.95. The van der Waals surface area contributed by atoms with Crippen LogP contribution in [-0.2, 0) is 0 Å². The largest absolute Gasteiger partial charge is 0.306 e. The molecule has 1 aromatic carbocycles. The summed E-state index contributed by atoms with van der Waals surface area (Å²) in [5.41, 5.74) is 1.27. The van der Waals surface area contributed by atoms with Gasteiger partial charge in [-0.1, -0.05) is 36.7 Å². The lowest BCUT2D eigenvalue weighted by Crippen LogP contribution is -2.22. The Hall–Kier alpha value is -0.830.